The van der Waals surface area contributed by atoms with E-state index in [9.17, 15) is 4.79 Å². The van der Waals surface area contributed by atoms with Gasteiger partial charge in [0, 0.05) is 12.3 Å². The van der Waals surface area contributed by atoms with Crippen molar-refractivity contribution < 1.29 is 4.79 Å². The molecule has 0 heterocycles. The van der Waals surface area contributed by atoms with E-state index in [2.05, 4.69) is 5.32 Å². The maximum atomic E-state index is 10.9. The van der Waals surface area contributed by atoms with Crippen LogP contribution < -0.4 is 5.32 Å². The Morgan fingerprint density at radius 3 is 2.57 bits per heavy atom. The summed E-state index contributed by atoms with van der Waals surface area (Å²) in [6, 6.07) is 13.7. The van der Waals surface area contributed by atoms with Crippen molar-refractivity contribution in [2.24, 2.45) is 0 Å². The van der Waals surface area contributed by atoms with Crippen molar-refractivity contribution in [3.63, 3.8) is 0 Å². The number of hydrogen-bond donors (Lipinski definition) is 0. The van der Waals surface area contributed by atoms with E-state index in [1.54, 1.807) is 0 Å². The average molecular weight is 184 g/mol. The number of rotatable bonds is 1. The third kappa shape index (κ3) is 1.59. The molecule has 1 radical (unpaired) electrons. The van der Waals surface area contributed by atoms with E-state index < -0.39 is 0 Å². The molecule has 2 aromatic carbocycles. The zero-order valence-electron chi connectivity index (χ0n) is 7.90. The largest absolute Gasteiger partial charge is 0.273 e. The lowest BCUT2D eigenvalue weighted by Gasteiger charge is -2.03. The molecule has 0 N–H and O–H groups in total. The van der Waals surface area contributed by atoms with Crippen molar-refractivity contribution in [1.29, 1.82) is 0 Å². The van der Waals surface area contributed by atoms with Gasteiger partial charge in [-0.25, -0.2) is 5.32 Å². The lowest BCUT2D eigenvalue weighted by Crippen LogP contribution is -2.04. The van der Waals surface area contributed by atoms with E-state index in [1.807, 2.05) is 42.5 Å². The Hall–Kier alpha value is -1.83. The minimum Gasteiger partial charge on any atom is -0.273 e. The fraction of sp³-hybridized carbons (Fsp3) is 0.0833. The van der Waals surface area contributed by atoms with Crippen molar-refractivity contribution in [3.8, 4) is 0 Å². The monoisotopic (exact) mass is 184 g/mol. The van der Waals surface area contributed by atoms with Crippen LogP contribution in [-0.4, -0.2) is 5.91 Å². The minimum absolute atomic E-state index is 0.165. The van der Waals surface area contributed by atoms with Crippen molar-refractivity contribution in [2.75, 3.05) is 0 Å². The number of fused-ring (bicyclic) bond motifs is 1. The van der Waals surface area contributed by atoms with Crippen molar-refractivity contribution in [1.82, 2.24) is 5.32 Å². The quantitative estimate of drug-likeness (QED) is 0.670. The molecule has 0 aromatic heterocycles. The summed E-state index contributed by atoms with van der Waals surface area (Å²) in [6.07, 6.45) is 0. The number of benzene rings is 2. The molecular formula is C12H10NO. The summed E-state index contributed by atoms with van der Waals surface area (Å²) in [4.78, 5) is 10.9. The number of carbonyl (C=O) groups excluding carboxylic acids is 1. The van der Waals surface area contributed by atoms with Gasteiger partial charge in [-0.3, -0.25) is 4.79 Å². The Bertz CT molecular complexity index is 471. The standard InChI is InChI=1S/C12H10NO/c1-9(14)13-12-8-4-6-10-5-2-3-7-11(10)12/h2-8H,1H3. The summed E-state index contributed by atoms with van der Waals surface area (Å²) >= 11 is 0. The lowest BCUT2D eigenvalue weighted by molar-refractivity contribution is -0.118. The summed E-state index contributed by atoms with van der Waals surface area (Å²) < 4.78 is 0. The maximum Gasteiger partial charge on any atom is 0.243 e. The first-order valence-electron chi connectivity index (χ1n) is 4.47. The molecule has 14 heavy (non-hydrogen) atoms. The fourth-order valence-corrected chi connectivity index (χ4v) is 1.48. The van der Waals surface area contributed by atoms with Crippen LogP contribution in [0.5, 0.6) is 0 Å². The van der Waals surface area contributed by atoms with Crippen molar-refractivity contribution >= 4 is 22.4 Å². The smallest absolute Gasteiger partial charge is 0.243 e. The van der Waals surface area contributed by atoms with Crippen LogP contribution in [0, 0.1) is 0 Å². The molecule has 2 nitrogen and oxygen atoms in total. The van der Waals surface area contributed by atoms with Gasteiger partial charge in [0.2, 0.25) is 5.91 Å². The molecule has 69 valence electrons. The van der Waals surface area contributed by atoms with Crippen LogP contribution in [0.1, 0.15) is 6.92 Å². The van der Waals surface area contributed by atoms with Gasteiger partial charge in [0.15, 0.2) is 0 Å². The predicted octanol–water partition coefficient (Wildman–Crippen LogP) is 2.62. The van der Waals surface area contributed by atoms with Gasteiger partial charge in [0.1, 0.15) is 0 Å². The van der Waals surface area contributed by atoms with E-state index in [0.29, 0.717) is 0 Å². The van der Waals surface area contributed by atoms with Crippen LogP contribution in [0.4, 0.5) is 5.69 Å². The molecule has 0 aliphatic rings. The Labute approximate surface area is 82.6 Å². The van der Waals surface area contributed by atoms with Crippen LogP contribution in [0.3, 0.4) is 0 Å². The summed E-state index contributed by atoms with van der Waals surface area (Å²) in [5.74, 6) is -0.165. The highest BCUT2D eigenvalue weighted by Gasteiger charge is 2.02. The number of nitrogens with zero attached hydrogens (tertiary/aromatic N) is 1. The highest BCUT2D eigenvalue weighted by atomic mass is 16.1. The van der Waals surface area contributed by atoms with Crippen LogP contribution in [0.15, 0.2) is 42.5 Å². The van der Waals surface area contributed by atoms with Crippen LogP contribution in [0.2, 0.25) is 0 Å². The molecule has 0 aliphatic carbocycles. The van der Waals surface area contributed by atoms with Gasteiger partial charge in [0.05, 0.1) is 5.69 Å². The van der Waals surface area contributed by atoms with E-state index in [1.165, 1.54) is 6.92 Å². The number of amides is 1. The molecule has 2 heteroatoms. The summed E-state index contributed by atoms with van der Waals surface area (Å²) in [7, 11) is 0. The summed E-state index contributed by atoms with van der Waals surface area (Å²) in [5, 5.41) is 6.07. The van der Waals surface area contributed by atoms with Gasteiger partial charge in [-0.2, -0.15) is 0 Å². The highest BCUT2D eigenvalue weighted by Crippen LogP contribution is 2.22. The van der Waals surface area contributed by atoms with E-state index in [0.717, 1.165) is 16.5 Å². The first kappa shape index (κ1) is 8.75. The van der Waals surface area contributed by atoms with Crippen LogP contribution in [0.25, 0.3) is 10.8 Å². The van der Waals surface area contributed by atoms with Crippen molar-refractivity contribution in [3.05, 3.63) is 42.5 Å². The molecule has 1 amide bonds. The molecule has 0 atom stereocenters. The predicted molar refractivity (Wildman–Crippen MR) is 56.4 cm³/mol. The Balaban J connectivity index is 2.59. The van der Waals surface area contributed by atoms with Crippen LogP contribution >= 0.6 is 0 Å². The average Bonchev–Trinajstić information content (AvgIpc) is 2.18. The minimum atomic E-state index is -0.165. The van der Waals surface area contributed by atoms with Crippen LogP contribution in [-0.2, 0) is 4.79 Å². The SMILES string of the molecule is CC(=O)[N]c1cccc2ccccc12. The normalized spacial score (nSPS) is 10.1. The van der Waals surface area contributed by atoms with Gasteiger partial charge >= 0.3 is 0 Å². The van der Waals surface area contributed by atoms with Gasteiger partial charge in [-0.1, -0.05) is 36.4 Å². The molecule has 0 spiro atoms. The second kappa shape index (κ2) is 3.50. The number of carbonyl (C=O) groups is 1. The Morgan fingerprint density at radius 2 is 1.79 bits per heavy atom. The second-order valence-corrected chi connectivity index (χ2v) is 3.13. The zero-order chi connectivity index (χ0) is 9.97. The third-order valence-electron chi connectivity index (χ3n) is 2.04. The van der Waals surface area contributed by atoms with E-state index in [4.69, 9.17) is 0 Å². The van der Waals surface area contributed by atoms with Crippen molar-refractivity contribution in [2.45, 2.75) is 6.92 Å². The van der Waals surface area contributed by atoms with E-state index in [-0.39, 0.29) is 5.91 Å². The first-order chi connectivity index (χ1) is 6.77. The van der Waals surface area contributed by atoms with Gasteiger partial charge in [0.25, 0.3) is 0 Å². The fourth-order valence-electron chi connectivity index (χ4n) is 1.48. The zero-order valence-corrected chi connectivity index (χ0v) is 7.90. The Morgan fingerprint density at radius 1 is 1.07 bits per heavy atom. The molecule has 2 rings (SSSR count). The second-order valence-electron chi connectivity index (χ2n) is 3.13. The summed E-state index contributed by atoms with van der Waals surface area (Å²) in [6.45, 7) is 1.46. The topological polar surface area (TPSA) is 31.2 Å². The van der Waals surface area contributed by atoms with Gasteiger partial charge in [-0.15, -0.1) is 0 Å². The maximum absolute atomic E-state index is 10.9. The molecular weight excluding hydrogens is 174 g/mol. The third-order valence-corrected chi connectivity index (χ3v) is 2.04. The molecule has 0 saturated carbocycles. The van der Waals surface area contributed by atoms with E-state index >= 15 is 0 Å². The molecule has 2 aromatic rings. The molecule has 0 aliphatic heterocycles. The highest BCUT2D eigenvalue weighted by molar-refractivity contribution is 5.95. The molecule has 0 saturated heterocycles. The first-order valence-corrected chi connectivity index (χ1v) is 4.47. The number of hydrogen-bond acceptors (Lipinski definition) is 1. The molecule has 0 bridgehead atoms. The lowest BCUT2D eigenvalue weighted by atomic mass is 10.1. The summed E-state index contributed by atoms with van der Waals surface area (Å²) in [5.41, 5.74) is 0.746. The Kier molecular flexibility index (Phi) is 2.19. The van der Waals surface area contributed by atoms with Gasteiger partial charge < -0.3 is 0 Å². The molecule has 0 fully saturated rings. The molecule has 0 unspecified atom stereocenters. The van der Waals surface area contributed by atoms with Gasteiger partial charge in [-0.05, 0) is 11.5 Å².